The molecule has 2 aliphatic rings. The number of rotatable bonds is 4. The maximum absolute atomic E-state index is 12.4. The van der Waals surface area contributed by atoms with Gasteiger partial charge in [0.1, 0.15) is 5.54 Å². The van der Waals surface area contributed by atoms with E-state index in [4.69, 9.17) is 0 Å². The highest BCUT2D eigenvalue weighted by atomic mass is 16.2. The molecule has 0 aromatic heterocycles. The van der Waals surface area contributed by atoms with Crippen LogP contribution in [-0.4, -0.2) is 35.3 Å². The van der Waals surface area contributed by atoms with Crippen molar-refractivity contribution in [2.24, 2.45) is 5.92 Å². The molecule has 19 heavy (non-hydrogen) atoms. The minimum atomic E-state index is -0.749. The maximum Gasteiger partial charge on any atom is 0.247 e. The lowest BCUT2D eigenvalue weighted by Gasteiger charge is -2.29. The second-order valence-electron chi connectivity index (χ2n) is 6.51. The number of carbonyl (C=O) groups excluding carboxylic acids is 2. The van der Waals surface area contributed by atoms with Crippen LogP contribution in [0.3, 0.4) is 0 Å². The van der Waals surface area contributed by atoms with E-state index in [0.29, 0.717) is 13.0 Å². The molecule has 0 aromatic rings. The molecule has 1 aliphatic heterocycles. The highest BCUT2D eigenvalue weighted by Gasteiger charge is 2.36. The van der Waals surface area contributed by atoms with Gasteiger partial charge in [0.15, 0.2) is 0 Å². The van der Waals surface area contributed by atoms with Gasteiger partial charge in [-0.2, -0.15) is 0 Å². The molecule has 0 bridgehead atoms. The summed E-state index contributed by atoms with van der Waals surface area (Å²) in [5, 5.41) is 2.80. The van der Waals surface area contributed by atoms with Crippen molar-refractivity contribution < 1.29 is 9.59 Å². The van der Waals surface area contributed by atoms with Crippen LogP contribution in [0, 0.1) is 5.92 Å². The smallest absolute Gasteiger partial charge is 0.247 e. The van der Waals surface area contributed by atoms with Gasteiger partial charge in [0.25, 0.3) is 0 Å². The van der Waals surface area contributed by atoms with Crippen LogP contribution in [0.15, 0.2) is 0 Å². The Bertz CT molecular complexity index is 346. The van der Waals surface area contributed by atoms with E-state index in [0.717, 1.165) is 18.9 Å². The highest BCUT2D eigenvalue weighted by molar-refractivity contribution is 5.92. The molecule has 1 N–H and O–H groups in total. The van der Waals surface area contributed by atoms with Gasteiger partial charge in [0.2, 0.25) is 11.8 Å². The van der Waals surface area contributed by atoms with E-state index in [1.807, 2.05) is 4.90 Å². The lowest BCUT2D eigenvalue weighted by molar-refractivity contribution is -0.137. The molecule has 4 heteroatoms. The first-order valence-electron chi connectivity index (χ1n) is 7.59. The Kier molecular flexibility index (Phi) is 4.48. The second kappa shape index (κ2) is 5.93. The van der Waals surface area contributed by atoms with Crippen LogP contribution < -0.4 is 5.32 Å². The molecule has 0 unspecified atom stereocenters. The summed E-state index contributed by atoms with van der Waals surface area (Å²) >= 11 is 0. The first-order chi connectivity index (χ1) is 8.99. The molecule has 1 saturated carbocycles. The van der Waals surface area contributed by atoms with Gasteiger partial charge in [-0.15, -0.1) is 0 Å². The van der Waals surface area contributed by atoms with Gasteiger partial charge in [-0.25, -0.2) is 0 Å². The zero-order valence-corrected chi connectivity index (χ0v) is 12.2. The average molecular weight is 266 g/mol. The Morgan fingerprint density at radius 1 is 1.26 bits per heavy atom. The van der Waals surface area contributed by atoms with E-state index < -0.39 is 5.54 Å². The number of nitrogens with one attached hydrogen (secondary N) is 1. The van der Waals surface area contributed by atoms with Gasteiger partial charge >= 0.3 is 0 Å². The minimum absolute atomic E-state index is 0.0170. The minimum Gasteiger partial charge on any atom is -0.342 e. The molecule has 1 saturated heterocycles. The summed E-state index contributed by atoms with van der Waals surface area (Å²) < 4.78 is 0. The Morgan fingerprint density at radius 2 is 1.95 bits per heavy atom. The van der Waals surface area contributed by atoms with Crippen molar-refractivity contribution in [2.75, 3.05) is 13.1 Å². The number of hydrogen-bond donors (Lipinski definition) is 1. The molecule has 4 nitrogen and oxygen atoms in total. The fraction of sp³-hybridized carbons (Fsp3) is 0.867. The van der Waals surface area contributed by atoms with E-state index >= 15 is 0 Å². The van der Waals surface area contributed by atoms with Crippen molar-refractivity contribution in [3.63, 3.8) is 0 Å². The summed E-state index contributed by atoms with van der Waals surface area (Å²) in [6.07, 6.45) is 8.20. The molecule has 1 heterocycles. The third-order valence-corrected chi connectivity index (χ3v) is 4.40. The van der Waals surface area contributed by atoms with Crippen LogP contribution in [0.2, 0.25) is 0 Å². The molecule has 2 fully saturated rings. The summed E-state index contributed by atoms with van der Waals surface area (Å²) in [5.74, 6) is 0.913. The van der Waals surface area contributed by atoms with Crippen molar-refractivity contribution in [3.8, 4) is 0 Å². The molecule has 108 valence electrons. The predicted octanol–water partition coefficient (Wildman–Crippen LogP) is 2.08. The van der Waals surface area contributed by atoms with Gasteiger partial charge in [0, 0.05) is 19.5 Å². The largest absolute Gasteiger partial charge is 0.342 e. The van der Waals surface area contributed by atoms with Gasteiger partial charge < -0.3 is 10.2 Å². The molecule has 2 rings (SSSR count). The Labute approximate surface area is 115 Å². The van der Waals surface area contributed by atoms with Crippen LogP contribution in [0.25, 0.3) is 0 Å². The SMILES string of the molecule is CC1(C)NC(=O)CCN(CCCC2CCCC2)C1=O. The lowest BCUT2D eigenvalue weighted by atomic mass is 10.0. The zero-order chi connectivity index (χ0) is 13.9. The van der Waals surface area contributed by atoms with Gasteiger partial charge in [-0.3, -0.25) is 9.59 Å². The van der Waals surface area contributed by atoms with Crippen molar-refractivity contribution in [2.45, 2.75) is 64.3 Å². The molecule has 1 aliphatic carbocycles. The van der Waals surface area contributed by atoms with Gasteiger partial charge in [0.05, 0.1) is 0 Å². The number of amides is 2. The monoisotopic (exact) mass is 266 g/mol. The molecular formula is C15H26N2O2. The Balaban J connectivity index is 1.83. The van der Waals surface area contributed by atoms with Gasteiger partial charge in [-0.05, 0) is 32.6 Å². The van der Waals surface area contributed by atoms with E-state index in [1.165, 1.54) is 32.1 Å². The first kappa shape index (κ1) is 14.4. The Morgan fingerprint density at radius 3 is 2.63 bits per heavy atom. The highest BCUT2D eigenvalue weighted by Crippen LogP contribution is 2.28. The molecule has 2 amide bonds. The van der Waals surface area contributed by atoms with Crippen LogP contribution in [0.1, 0.15) is 58.8 Å². The molecule has 0 atom stereocenters. The number of carbonyl (C=O) groups is 2. The second-order valence-corrected chi connectivity index (χ2v) is 6.51. The summed E-state index contributed by atoms with van der Waals surface area (Å²) in [4.78, 5) is 25.8. The predicted molar refractivity (Wildman–Crippen MR) is 74.6 cm³/mol. The summed E-state index contributed by atoms with van der Waals surface area (Å²) in [7, 11) is 0. The Hall–Kier alpha value is -1.06. The quantitative estimate of drug-likeness (QED) is 0.847. The van der Waals surface area contributed by atoms with Crippen molar-refractivity contribution >= 4 is 11.8 Å². The number of hydrogen-bond acceptors (Lipinski definition) is 2. The van der Waals surface area contributed by atoms with Crippen molar-refractivity contribution in [1.82, 2.24) is 10.2 Å². The van der Waals surface area contributed by atoms with Crippen LogP contribution >= 0.6 is 0 Å². The van der Waals surface area contributed by atoms with Gasteiger partial charge in [-0.1, -0.05) is 25.7 Å². The fourth-order valence-electron chi connectivity index (χ4n) is 3.28. The topological polar surface area (TPSA) is 49.4 Å². The summed E-state index contributed by atoms with van der Waals surface area (Å²) in [5.41, 5.74) is -0.749. The van der Waals surface area contributed by atoms with E-state index in [2.05, 4.69) is 5.32 Å². The average Bonchev–Trinajstić information content (AvgIpc) is 2.81. The zero-order valence-electron chi connectivity index (χ0n) is 12.2. The maximum atomic E-state index is 12.4. The third-order valence-electron chi connectivity index (χ3n) is 4.40. The van der Waals surface area contributed by atoms with Crippen molar-refractivity contribution in [1.29, 1.82) is 0 Å². The fourth-order valence-corrected chi connectivity index (χ4v) is 3.28. The van der Waals surface area contributed by atoms with E-state index in [9.17, 15) is 9.59 Å². The summed E-state index contributed by atoms with van der Waals surface area (Å²) in [6.45, 7) is 4.96. The molecule has 0 radical (unpaired) electrons. The normalized spacial score (nSPS) is 24.4. The van der Waals surface area contributed by atoms with Crippen LogP contribution in [0.5, 0.6) is 0 Å². The van der Waals surface area contributed by atoms with Crippen LogP contribution in [0.4, 0.5) is 0 Å². The third kappa shape index (κ3) is 3.71. The molecular weight excluding hydrogens is 240 g/mol. The summed E-state index contributed by atoms with van der Waals surface area (Å²) in [6, 6.07) is 0. The molecule has 0 spiro atoms. The first-order valence-corrected chi connectivity index (χ1v) is 7.59. The van der Waals surface area contributed by atoms with Crippen molar-refractivity contribution in [3.05, 3.63) is 0 Å². The van der Waals surface area contributed by atoms with Crippen LogP contribution in [-0.2, 0) is 9.59 Å². The van der Waals surface area contributed by atoms with E-state index in [-0.39, 0.29) is 11.8 Å². The number of nitrogens with zero attached hydrogens (tertiary/aromatic N) is 1. The molecule has 0 aromatic carbocycles. The van der Waals surface area contributed by atoms with E-state index in [1.54, 1.807) is 13.8 Å². The standard InChI is InChI=1S/C15H26N2O2/c1-15(2)14(19)17(11-9-13(18)16-15)10-5-8-12-6-3-4-7-12/h12H,3-11H2,1-2H3,(H,16,18). The lowest BCUT2D eigenvalue weighted by Crippen LogP contribution is -2.52.